The standard InChI is InChI=1S/C28H28N6O4.ClH/c35-23-13-29-25(30-14-23)17-5-9-21(10-6-17)33-27(37)19-1-2-20(4-3-19)28(38)34-22-11-7-18(8-12-22)26-31-15-24(36)16-32-26;/h1-12,23-24,35-36H,13-16H2,(H,29,30)(H,31,32)(H,33,37)(H,34,38);1H. The van der Waals surface area contributed by atoms with Gasteiger partial charge in [-0.1, -0.05) is 0 Å². The highest BCUT2D eigenvalue weighted by molar-refractivity contribution is 6.08. The molecule has 0 saturated carbocycles. The van der Waals surface area contributed by atoms with Gasteiger partial charge in [-0.3, -0.25) is 19.6 Å². The lowest BCUT2D eigenvalue weighted by Crippen LogP contribution is -2.39. The summed E-state index contributed by atoms with van der Waals surface area (Å²) in [4.78, 5) is 34.0. The molecular weight excluding hydrogens is 520 g/mol. The van der Waals surface area contributed by atoms with Crippen LogP contribution < -0.4 is 21.3 Å². The Hall–Kier alpha value is -4.25. The zero-order chi connectivity index (χ0) is 26.5. The molecule has 6 N–H and O–H groups in total. The number of amides is 2. The normalized spacial score (nSPS) is 18.3. The summed E-state index contributed by atoms with van der Waals surface area (Å²) in [7, 11) is 0. The Bertz CT molecular complexity index is 1270. The molecule has 3 aromatic rings. The van der Waals surface area contributed by atoms with Crippen molar-refractivity contribution in [3.8, 4) is 0 Å². The van der Waals surface area contributed by atoms with E-state index < -0.39 is 12.2 Å². The van der Waals surface area contributed by atoms with Crippen LogP contribution in [0.5, 0.6) is 0 Å². The van der Waals surface area contributed by atoms with E-state index >= 15 is 0 Å². The molecule has 0 fully saturated rings. The van der Waals surface area contributed by atoms with Gasteiger partial charge in [-0.05, 0) is 72.8 Å². The van der Waals surface area contributed by atoms with Crippen molar-refractivity contribution in [3.63, 3.8) is 0 Å². The van der Waals surface area contributed by atoms with Gasteiger partial charge in [0.25, 0.3) is 11.8 Å². The fourth-order valence-corrected chi connectivity index (χ4v) is 4.05. The summed E-state index contributed by atoms with van der Waals surface area (Å²) in [5.74, 6) is 0.857. The van der Waals surface area contributed by atoms with E-state index in [1.54, 1.807) is 48.5 Å². The second kappa shape index (κ2) is 12.5. The van der Waals surface area contributed by atoms with E-state index in [0.29, 0.717) is 60.4 Å². The number of aliphatic hydroxyl groups excluding tert-OH is 2. The summed E-state index contributed by atoms with van der Waals surface area (Å²) in [5.41, 5.74) is 3.86. The van der Waals surface area contributed by atoms with Crippen LogP contribution >= 0.6 is 12.4 Å². The Morgan fingerprint density at radius 2 is 1.00 bits per heavy atom. The van der Waals surface area contributed by atoms with Crippen LogP contribution in [-0.2, 0) is 0 Å². The van der Waals surface area contributed by atoms with E-state index in [2.05, 4.69) is 31.3 Å². The van der Waals surface area contributed by atoms with E-state index in [-0.39, 0.29) is 24.2 Å². The Morgan fingerprint density at radius 3 is 1.31 bits per heavy atom. The minimum Gasteiger partial charge on any atom is -0.389 e. The second-order valence-corrected chi connectivity index (χ2v) is 9.09. The molecule has 39 heavy (non-hydrogen) atoms. The van der Waals surface area contributed by atoms with Gasteiger partial charge in [0.2, 0.25) is 0 Å². The maximum absolute atomic E-state index is 12.7. The molecule has 2 unspecified atom stereocenters. The largest absolute Gasteiger partial charge is 0.389 e. The van der Waals surface area contributed by atoms with Crippen molar-refractivity contribution in [3.05, 3.63) is 95.1 Å². The number of aliphatic imine (C=N–C) groups is 2. The van der Waals surface area contributed by atoms with Crippen LogP contribution in [0.1, 0.15) is 31.8 Å². The van der Waals surface area contributed by atoms with Gasteiger partial charge in [0.1, 0.15) is 11.7 Å². The quantitative estimate of drug-likeness (QED) is 0.278. The molecule has 5 rings (SSSR count). The van der Waals surface area contributed by atoms with E-state index in [4.69, 9.17) is 0 Å². The highest BCUT2D eigenvalue weighted by atomic mass is 35.5. The zero-order valence-corrected chi connectivity index (χ0v) is 21.7. The highest BCUT2D eigenvalue weighted by Gasteiger charge is 2.15. The molecule has 10 nitrogen and oxygen atoms in total. The van der Waals surface area contributed by atoms with Gasteiger partial charge in [0.05, 0.1) is 25.3 Å². The molecule has 0 aliphatic carbocycles. The number of rotatable bonds is 6. The first-order chi connectivity index (χ1) is 18.4. The molecule has 2 heterocycles. The second-order valence-electron chi connectivity index (χ2n) is 9.09. The van der Waals surface area contributed by atoms with Crippen LogP contribution in [0.3, 0.4) is 0 Å². The molecule has 0 bridgehead atoms. The first-order valence-corrected chi connectivity index (χ1v) is 12.3. The predicted octanol–water partition coefficient (Wildman–Crippen LogP) is 2.03. The predicted molar refractivity (Wildman–Crippen MR) is 153 cm³/mol. The van der Waals surface area contributed by atoms with Gasteiger partial charge in [-0.25, -0.2) is 0 Å². The Labute approximate surface area is 231 Å². The number of halogens is 1. The molecule has 3 aromatic carbocycles. The minimum absolute atomic E-state index is 0. The van der Waals surface area contributed by atoms with Crippen molar-refractivity contribution in [2.45, 2.75) is 12.2 Å². The average molecular weight is 549 g/mol. The molecule has 0 radical (unpaired) electrons. The van der Waals surface area contributed by atoms with Gasteiger partial charge >= 0.3 is 0 Å². The van der Waals surface area contributed by atoms with E-state index in [0.717, 1.165) is 11.1 Å². The number of hydrogen-bond acceptors (Lipinski definition) is 8. The molecule has 2 amide bonds. The lowest BCUT2D eigenvalue weighted by atomic mass is 10.1. The lowest BCUT2D eigenvalue weighted by Gasteiger charge is -2.19. The van der Waals surface area contributed by atoms with Crippen molar-refractivity contribution in [2.24, 2.45) is 9.98 Å². The third-order valence-electron chi connectivity index (χ3n) is 6.17. The van der Waals surface area contributed by atoms with Crippen molar-refractivity contribution in [1.29, 1.82) is 0 Å². The van der Waals surface area contributed by atoms with Gasteiger partial charge in [0, 0.05) is 46.7 Å². The SMILES string of the molecule is Cl.O=C(Nc1ccc(C2=NCC(O)CN2)cc1)c1ccc(C(=O)Nc2ccc(C3=NCC(O)CN3)cc2)cc1. The fraction of sp³-hybridized carbons (Fsp3) is 0.214. The third-order valence-corrected chi connectivity index (χ3v) is 6.17. The maximum atomic E-state index is 12.7. The first-order valence-electron chi connectivity index (χ1n) is 12.3. The summed E-state index contributed by atoms with van der Waals surface area (Å²) in [6.45, 7) is 1.64. The van der Waals surface area contributed by atoms with Gasteiger partial charge in [-0.2, -0.15) is 0 Å². The molecule has 0 saturated heterocycles. The maximum Gasteiger partial charge on any atom is 0.255 e. The van der Waals surface area contributed by atoms with Crippen molar-refractivity contribution < 1.29 is 19.8 Å². The summed E-state index contributed by atoms with van der Waals surface area (Å²) < 4.78 is 0. The molecular formula is C28H29ClN6O4. The molecule has 2 atom stereocenters. The van der Waals surface area contributed by atoms with Crippen LogP contribution in [0.15, 0.2) is 82.8 Å². The van der Waals surface area contributed by atoms with E-state index in [9.17, 15) is 19.8 Å². The van der Waals surface area contributed by atoms with Crippen molar-refractivity contribution in [1.82, 2.24) is 10.6 Å². The number of nitrogens with zero attached hydrogens (tertiary/aromatic N) is 2. The number of carbonyl (C=O) groups is 2. The average Bonchev–Trinajstić information content (AvgIpc) is 2.95. The number of amidine groups is 2. The smallest absolute Gasteiger partial charge is 0.255 e. The molecule has 11 heteroatoms. The number of carbonyl (C=O) groups excluding carboxylic acids is 2. The first kappa shape index (κ1) is 27.8. The van der Waals surface area contributed by atoms with Crippen LogP contribution in [0.4, 0.5) is 11.4 Å². The third kappa shape index (κ3) is 6.99. The van der Waals surface area contributed by atoms with E-state index in [1.807, 2.05) is 24.3 Å². The monoisotopic (exact) mass is 548 g/mol. The van der Waals surface area contributed by atoms with Crippen LogP contribution in [0.2, 0.25) is 0 Å². The van der Waals surface area contributed by atoms with E-state index in [1.165, 1.54) is 0 Å². The Morgan fingerprint density at radius 1 is 0.641 bits per heavy atom. The van der Waals surface area contributed by atoms with Crippen LogP contribution in [0.25, 0.3) is 0 Å². The minimum atomic E-state index is -0.474. The Kier molecular flexibility index (Phi) is 8.92. The molecule has 2 aliphatic rings. The van der Waals surface area contributed by atoms with Crippen LogP contribution in [-0.4, -0.2) is 72.1 Å². The molecule has 2 aliphatic heterocycles. The van der Waals surface area contributed by atoms with Crippen LogP contribution in [0, 0.1) is 0 Å². The lowest BCUT2D eigenvalue weighted by molar-refractivity contribution is 0.101. The van der Waals surface area contributed by atoms with Gasteiger partial charge in [0.15, 0.2) is 0 Å². The van der Waals surface area contributed by atoms with Gasteiger partial charge < -0.3 is 31.5 Å². The highest BCUT2D eigenvalue weighted by Crippen LogP contribution is 2.16. The summed E-state index contributed by atoms with van der Waals surface area (Å²) >= 11 is 0. The number of anilines is 2. The summed E-state index contributed by atoms with van der Waals surface area (Å²) in [6, 6.07) is 21.0. The number of aliphatic hydroxyl groups is 2. The molecule has 0 aromatic heterocycles. The molecule has 0 spiro atoms. The zero-order valence-electron chi connectivity index (χ0n) is 20.9. The number of benzene rings is 3. The topological polar surface area (TPSA) is 147 Å². The number of hydrogen-bond donors (Lipinski definition) is 6. The number of β-amino-alcohol motifs (C(OH)–C–C–N with tert-alkyl or cyclic N) is 2. The van der Waals surface area contributed by atoms with Crippen molar-refractivity contribution >= 4 is 47.3 Å². The summed E-state index contributed by atoms with van der Waals surface area (Å²) in [6.07, 6.45) is -0.948. The summed E-state index contributed by atoms with van der Waals surface area (Å²) in [5, 5.41) is 31.0. The molecule has 202 valence electrons. The van der Waals surface area contributed by atoms with Crippen molar-refractivity contribution in [2.75, 3.05) is 36.8 Å². The number of nitrogens with one attached hydrogen (secondary N) is 4. The van der Waals surface area contributed by atoms with Gasteiger partial charge in [-0.15, -0.1) is 12.4 Å². The Balaban J connectivity index is 0.00000353. The fourth-order valence-electron chi connectivity index (χ4n) is 4.05.